The van der Waals surface area contributed by atoms with Crippen LogP contribution < -0.4 is 4.90 Å². The molecule has 2 heterocycles. The molecule has 1 spiro atoms. The summed E-state index contributed by atoms with van der Waals surface area (Å²) in [6.07, 6.45) is 11.2. The Labute approximate surface area is 144 Å². The Morgan fingerprint density at radius 3 is 2.50 bits per heavy atom. The normalized spacial score (nSPS) is 28.8. The number of aromatic nitrogens is 3. The molecule has 2 fully saturated rings. The maximum atomic E-state index is 12.5. The molecule has 0 saturated heterocycles. The van der Waals surface area contributed by atoms with E-state index >= 15 is 0 Å². The summed E-state index contributed by atoms with van der Waals surface area (Å²) >= 11 is 0. The van der Waals surface area contributed by atoms with Crippen LogP contribution in [0.15, 0.2) is 0 Å². The van der Waals surface area contributed by atoms with Gasteiger partial charge in [0.1, 0.15) is 0 Å². The van der Waals surface area contributed by atoms with Crippen molar-refractivity contribution in [3.05, 3.63) is 5.82 Å². The van der Waals surface area contributed by atoms with Gasteiger partial charge in [0, 0.05) is 24.8 Å². The highest BCUT2D eigenvalue weighted by Crippen LogP contribution is 2.52. The van der Waals surface area contributed by atoms with Crippen LogP contribution in [0.1, 0.15) is 90.3 Å². The van der Waals surface area contributed by atoms with Gasteiger partial charge in [-0.15, -0.1) is 0 Å². The number of anilines is 1. The summed E-state index contributed by atoms with van der Waals surface area (Å²) in [6, 6.07) is 0.325. The number of carbonyl (C=O) groups excluding carboxylic acids is 1. The van der Waals surface area contributed by atoms with Crippen LogP contribution in [0.4, 0.5) is 5.95 Å². The molecular formula is C19H30N4O. The first-order chi connectivity index (χ1) is 11.5. The molecule has 4 rings (SSSR count). The van der Waals surface area contributed by atoms with Gasteiger partial charge < -0.3 is 0 Å². The zero-order valence-corrected chi connectivity index (χ0v) is 15.3. The second-order valence-corrected chi connectivity index (χ2v) is 8.35. The Balaban J connectivity index is 1.90. The van der Waals surface area contributed by atoms with Crippen molar-refractivity contribution in [1.82, 2.24) is 14.8 Å². The summed E-state index contributed by atoms with van der Waals surface area (Å²) in [6.45, 7) is 5.97. The summed E-state index contributed by atoms with van der Waals surface area (Å²) in [5.41, 5.74) is 0.102. The molecule has 2 aliphatic carbocycles. The quantitative estimate of drug-likeness (QED) is 0.782. The van der Waals surface area contributed by atoms with Crippen LogP contribution >= 0.6 is 0 Å². The standard InChI is InChI=1S/C19H30N4O/c1-13(2)17-20-18-22(14(3)24)16-10-6-5-9-15(16)19(23(18)21-17)11-7-4-8-12-19/h13,15-16H,4-12H2,1-3H3/t15-,16+/m1/s1. The molecule has 0 bridgehead atoms. The molecule has 0 N–H and O–H groups in total. The van der Waals surface area contributed by atoms with E-state index in [-0.39, 0.29) is 11.4 Å². The number of fused-ring (bicyclic) bond motifs is 4. The van der Waals surface area contributed by atoms with Crippen molar-refractivity contribution < 1.29 is 4.79 Å². The van der Waals surface area contributed by atoms with Crippen molar-refractivity contribution in [3.63, 3.8) is 0 Å². The molecule has 0 unspecified atom stereocenters. The van der Waals surface area contributed by atoms with Gasteiger partial charge in [-0.2, -0.15) is 10.1 Å². The van der Waals surface area contributed by atoms with E-state index in [9.17, 15) is 4.79 Å². The lowest BCUT2D eigenvalue weighted by Crippen LogP contribution is -2.61. The number of hydrogen-bond acceptors (Lipinski definition) is 3. The highest BCUT2D eigenvalue weighted by Gasteiger charge is 2.54. The lowest BCUT2D eigenvalue weighted by Gasteiger charge is -2.55. The minimum absolute atomic E-state index is 0.102. The fourth-order valence-corrected chi connectivity index (χ4v) is 5.49. The summed E-state index contributed by atoms with van der Waals surface area (Å²) < 4.78 is 2.20. The molecule has 1 aliphatic heterocycles. The lowest BCUT2D eigenvalue weighted by molar-refractivity contribution is -0.118. The highest BCUT2D eigenvalue weighted by atomic mass is 16.2. The van der Waals surface area contributed by atoms with Gasteiger partial charge in [-0.3, -0.25) is 9.69 Å². The van der Waals surface area contributed by atoms with Crippen LogP contribution in [0.2, 0.25) is 0 Å². The Kier molecular flexibility index (Phi) is 3.92. The molecule has 0 radical (unpaired) electrons. The molecule has 132 valence electrons. The average Bonchev–Trinajstić information content (AvgIpc) is 3.02. The maximum absolute atomic E-state index is 12.5. The fraction of sp³-hybridized carbons (Fsp3) is 0.842. The molecular weight excluding hydrogens is 300 g/mol. The van der Waals surface area contributed by atoms with Crippen molar-refractivity contribution >= 4 is 11.9 Å². The van der Waals surface area contributed by atoms with E-state index in [1.54, 1.807) is 6.92 Å². The first-order valence-electron chi connectivity index (χ1n) is 9.82. The zero-order chi connectivity index (χ0) is 16.9. The monoisotopic (exact) mass is 330 g/mol. The van der Waals surface area contributed by atoms with Crippen molar-refractivity contribution in [2.24, 2.45) is 5.92 Å². The molecule has 0 aromatic carbocycles. The van der Waals surface area contributed by atoms with Crippen LogP contribution in [0, 0.1) is 5.92 Å². The molecule has 1 aromatic rings. The predicted molar refractivity (Wildman–Crippen MR) is 94.1 cm³/mol. The van der Waals surface area contributed by atoms with E-state index in [0.29, 0.717) is 17.9 Å². The second kappa shape index (κ2) is 5.85. The maximum Gasteiger partial charge on any atom is 0.231 e. The third kappa shape index (κ3) is 2.23. The molecule has 2 saturated carbocycles. The van der Waals surface area contributed by atoms with Gasteiger partial charge in [-0.05, 0) is 25.7 Å². The van der Waals surface area contributed by atoms with Crippen LogP contribution in [-0.2, 0) is 10.3 Å². The minimum Gasteiger partial charge on any atom is -0.278 e. The second-order valence-electron chi connectivity index (χ2n) is 8.35. The summed E-state index contributed by atoms with van der Waals surface area (Å²) in [5.74, 6) is 2.68. The van der Waals surface area contributed by atoms with Gasteiger partial charge >= 0.3 is 0 Å². The third-order valence-electron chi connectivity index (χ3n) is 6.57. The smallest absolute Gasteiger partial charge is 0.231 e. The van der Waals surface area contributed by atoms with Gasteiger partial charge in [0.2, 0.25) is 11.9 Å². The zero-order valence-electron chi connectivity index (χ0n) is 15.3. The number of nitrogens with zero attached hydrogens (tertiary/aromatic N) is 4. The number of hydrogen-bond donors (Lipinski definition) is 0. The molecule has 3 aliphatic rings. The number of rotatable bonds is 1. The van der Waals surface area contributed by atoms with Crippen LogP contribution in [0.25, 0.3) is 0 Å². The van der Waals surface area contributed by atoms with E-state index in [0.717, 1.165) is 18.2 Å². The Bertz CT molecular complexity index is 629. The van der Waals surface area contributed by atoms with Crippen LogP contribution in [0.5, 0.6) is 0 Å². The molecule has 5 heteroatoms. The van der Waals surface area contributed by atoms with E-state index in [1.165, 1.54) is 51.4 Å². The molecule has 1 amide bonds. The van der Waals surface area contributed by atoms with Crippen molar-refractivity contribution in [1.29, 1.82) is 0 Å². The Morgan fingerprint density at radius 2 is 1.83 bits per heavy atom. The Hall–Kier alpha value is -1.39. The van der Waals surface area contributed by atoms with E-state index < -0.39 is 0 Å². The van der Waals surface area contributed by atoms with Crippen LogP contribution in [-0.4, -0.2) is 26.7 Å². The van der Waals surface area contributed by atoms with E-state index in [4.69, 9.17) is 10.1 Å². The minimum atomic E-state index is 0.102. The average molecular weight is 330 g/mol. The number of carbonyl (C=O) groups is 1. The topological polar surface area (TPSA) is 51.0 Å². The van der Waals surface area contributed by atoms with Crippen molar-refractivity contribution in [3.8, 4) is 0 Å². The SMILES string of the molecule is CC(=O)N1c2nc(C(C)C)nn2C2(CCCCC2)[C@@H]2CCCC[C@@H]21. The van der Waals surface area contributed by atoms with Gasteiger partial charge in [0.15, 0.2) is 5.82 Å². The Morgan fingerprint density at radius 1 is 1.12 bits per heavy atom. The van der Waals surface area contributed by atoms with Crippen molar-refractivity contribution in [2.75, 3.05) is 4.90 Å². The van der Waals surface area contributed by atoms with E-state index in [1.807, 2.05) is 4.90 Å². The first-order valence-corrected chi connectivity index (χ1v) is 9.82. The number of amides is 1. The van der Waals surface area contributed by atoms with Gasteiger partial charge in [-0.1, -0.05) is 46.0 Å². The van der Waals surface area contributed by atoms with Gasteiger partial charge in [-0.25, -0.2) is 4.68 Å². The summed E-state index contributed by atoms with van der Waals surface area (Å²) in [5, 5.41) is 4.96. The fourth-order valence-electron chi connectivity index (χ4n) is 5.49. The largest absolute Gasteiger partial charge is 0.278 e. The van der Waals surface area contributed by atoms with E-state index in [2.05, 4.69) is 18.5 Å². The molecule has 5 nitrogen and oxygen atoms in total. The van der Waals surface area contributed by atoms with Crippen LogP contribution in [0.3, 0.4) is 0 Å². The molecule has 1 aromatic heterocycles. The third-order valence-corrected chi connectivity index (χ3v) is 6.57. The summed E-state index contributed by atoms with van der Waals surface area (Å²) in [4.78, 5) is 19.4. The highest BCUT2D eigenvalue weighted by molar-refractivity contribution is 5.90. The van der Waals surface area contributed by atoms with Gasteiger partial charge in [0.05, 0.1) is 5.54 Å². The predicted octanol–water partition coefficient (Wildman–Crippen LogP) is 3.99. The lowest BCUT2D eigenvalue weighted by atomic mass is 9.64. The summed E-state index contributed by atoms with van der Waals surface area (Å²) in [7, 11) is 0. The van der Waals surface area contributed by atoms with Gasteiger partial charge in [0.25, 0.3) is 0 Å². The first kappa shape index (κ1) is 16.1. The van der Waals surface area contributed by atoms with Crippen molar-refractivity contribution in [2.45, 2.75) is 96.1 Å². The molecule has 2 atom stereocenters. The molecule has 24 heavy (non-hydrogen) atoms.